The Bertz CT molecular complexity index is 631. The highest BCUT2D eigenvalue weighted by Gasteiger charge is 2.45. The topological polar surface area (TPSA) is 51.7 Å². The molecule has 24 heavy (non-hydrogen) atoms. The van der Waals surface area contributed by atoms with Crippen molar-refractivity contribution in [1.82, 2.24) is 9.88 Å². The molecule has 5 heteroatoms. The quantitative estimate of drug-likeness (QED) is 0.856. The molecule has 3 aliphatic rings. The van der Waals surface area contributed by atoms with Crippen LogP contribution in [-0.4, -0.2) is 47.2 Å². The number of piperidine rings is 1. The predicted octanol–water partition coefficient (Wildman–Crippen LogP) is 2.72. The molecule has 4 rings (SSSR count). The van der Waals surface area contributed by atoms with Crippen LogP contribution in [0.25, 0.3) is 0 Å². The second kappa shape index (κ2) is 6.55. The Labute approximate surface area is 142 Å². The number of pyridine rings is 1. The fraction of sp³-hybridized carbons (Fsp3) is 0.579. The fourth-order valence-corrected chi connectivity index (χ4v) is 4.11. The van der Waals surface area contributed by atoms with Crippen molar-refractivity contribution in [3.05, 3.63) is 36.2 Å². The third kappa shape index (κ3) is 3.18. The largest absolute Gasteiger partial charge is 0.486 e. The number of carbonyl (C=O) groups excluding carboxylic acids is 1. The van der Waals surface area contributed by atoms with Gasteiger partial charge in [-0.3, -0.25) is 9.78 Å². The Balaban J connectivity index is 1.39. The highest BCUT2D eigenvalue weighted by molar-refractivity contribution is 5.93. The van der Waals surface area contributed by atoms with Crippen LogP contribution in [0.15, 0.2) is 36.2 Å². The summed E-state index contributed by atoms with van der Waals surface area (Å²) in [6, 6.07) is 3.79. The molecule has 1 amide bonds. The second-order valence-electron chi connectivity index (χ2n) is 7.08. The van der Waals surface area contributed by atoms with E-state index in [1.54, 1.807) is 12.4 Å². The summed E-state index contributed by atoms with van der Waals surface area (Å²) in [6.45, 7) is 2.12. The van der Waals surface area contributed by atoms with Crippen molar-refractivity contribution >= 4 is 5.91 Å². The molecule has 0 bridgehead atoms. The minimum Gasteiger partial charge on any atom is -0.486 e. The number of hydrogen-bond donors (Lipinski definition) is 0. The predicted molar refractivity (Wildman–Crippen MR) is 89.7 cm³/mol. The van der Waals surface area contributed by atoms with Gasteiger partial charge in [0.1, 0.15) is 11.9 Å². The molecule has 0 N–H and O–H groups in total. The highest BCUT2D eigenvalue weighted by Crippen LogP contribution is 2.37. The maximum Gasteiger partial charge on any atom is 0.249 e. The van der Waals surface area contributed by atoms with E-state index in [-0.39, 0.29) is 17.6 Å². The SMILES string of the molecule is O=C(C1=CCCC1)N1CCC[C@]2(C[C@H](Oc3cccnc3)CO2)C1. The van der Waals surface area contributed by atoms with Crippen molar-refractivity contribution < 1.29 is 14.3 Å². The van der Waals surface area contributed by atoms with Gasteiger partial charge in [0, 0.05) is 24.7 Å². The van der Waals surface area contributed by atoms with Gasteiger partial charge in [-0.2, -0.15) is 0 Å². The summed E-state index contributed by atoms with van der Waals surface area (Å²) in [5.74, 6) is 0.995. The van der Waals surface area contributed by atoms with Crippen molar-refractivity contribution in [3.8, 4) is 5.75 Å². The summed E-state index contributed by atoms with van der Waals surface area (Å²) in [5.41, 5.74) is 0.758. The molecule has 2 atom stereocenters. The van der Waals surface area contributed by atoms with E-state index >= 15 is 0 Å². The summed E-state index contributed by atoms with van der Waals surface area (Å²) in [5, 5.41) is 0. The number of likely N-dealkylation sites (tertiary alicyclic amines) is 1. The lowest BCUT2D eigenvalue weighted by atomic mass is 9.89. The molecular weight excluding hydrogens is 304 g/mol. The van der Waals surface area contributed by atoms with Crippen molar-refractivity contribution in [1.29, 1.82) is 0 Å². The van der Waals surface area contributed by atoms with E-state index in [4.69, 9.17) is 9.47 Å². The standard InChI is InChI=1S/C19H24N2O3/c22-18(15-5-1-2-6-15)21-10-4-8-19(14-21)11-17(13-23-19)24-16-7-3-9-20-12-16/h3,5,7,9,12,17H,1-2,4,6,8,10-11,13-14H2/t17-,19-/m0/s1. The van der Waals surface area contributed by atoms with Gasteiger partial charge in [-0.15, -0.1) is 0 Å². The maximum absolute atomic E-state index is 12.7. The molecule has 0 aromatic carbocycles. The Hall–Kier alpha value is -1.88. The Kier molecular flexibility index (Phi) is 4.27. The summed E-state index contributed by atoms with van der Waals surface area (Å²) >= 11 is 0. The summed E-state index contributed by atoms with van der Waals surface area (Å²) in [7, 11) is 0. The van der Waals surface area contributed by atoms with Gasteiger partial charge in [0.2, 0.25) is 5.91 Å². The number of allylic oxidation sites excluding steroid dienone is 1. The molecule has 2 saturated heterocycles. The van der Waals surface area contributed by atoms with Gasteiger partial charge < -0.3 is 14.4 Å². The van der Waals surface area contributed by atoms with Crippen molar-refractivity contribution in [2.24, 2.45) is 0 Å². The van der Waals surface area contributed by atoms with E-state index in [0.29, 0.717) is 13.2 Å². The van der Waals surface area contributed by atoms with Crippen LogP contribution in [0.4, 0.5) is 0 Å². The number of nitrogens with zero attached hydrogens (tertiary/aromatic N) is 2. The van der Waals surface area contributed by atoms with Crippen LogP contribution in [0.2, 0.25) is 0 Å². The number of rotatable bonds is 3. The van der Waals surface area contributed by atoms with E-state index in [0.717, 1.165) is 56.4 Å². The summed E-state index contributed by atoms with van der Waals surface area (Å²) in [6.07, 6.45) is 11.5. The lowest BCUT2D eigenvalue weighted by Crippen LogP contribution is -2.50. The molecule has 5 nitrogen and oxygen atoms in total. The molecular formula is C19H24N2O3. The van der Waals surface area contributed by atoms with Crippen LogP contribution in [0.3, 0.4) is 0 Å². The van der Waals surface area contributed by atoms with Crippen molar-refractivity contribution in [2.75, 3.05) is 19.7 Å². The van der Waals surface area contributed by atoms with Crippen LogP contribution in [0.1, 0.15) is 38.5 Å². The first-order valence-corrected chi connectivity index (χ1v) is 8.93. The molecule has 3 heterocycles. The zero-order valence-electron chi connectivity index (χ0n) is 13.9. The number of aromatic nitrogens is 1. The van der Waals surface area contributed by atoms with Crippen molar-refractivity contribution in [3.63, 3.8) is 0 Å². The zero-order valence-corrected chi connectivity index (χ0v) is 13.9. The molecule has 1 aliphatic carbocycles. The van der Waals surface area contributed by atoms with Gasteiger partial charge in [0.05, 0.1) is 24.9 Å². The normalized spacial score (nSPS) is 29.8. The smallest absolute Gasteiger partial charge is 0.249 e. The van der Waals surface area contributed by atoms with Crippen LogP contribution in [0.5, 0.6) is 5.75 Å². The van der Waals surface area contributed by atoms with Crippen LogP contribution in [0, 0.1) is 0 Å². The molecule has 0 radical (unpaired) electrons. The Morgan fingerprint density at radius 2 is 2.38 bits per heavy atom. The first-order chi connectivity index (χ1) is 11.7. The first-order valence-electron chi connectivity index (χ1n) is 8.93. The highest BCUT2D eigenvalue weighted by atomic mass is 16.6. The lowest BCUT2D eigenvalue weighted by molar-refractivity contribution is -0.135. The third-order valence-electron chi connectivity index (χ3n) is 5.25. The Morgan fingerprint density at radius 3 is 3.17 bits per heavy atom. The molecule has 1 spiro atoms. The molecule has 128 valence electrons. The molecule has 1 aromatic rings. The van der Waals surface area contributed by atoms with E-state index in [1.807, 2.05) is 17.0 Å². The van der Waals surface area contributed by atoms with Crippen LogP contribution >= 0.6 is 0 Å². The molecule has 2 fully saturated rings. The summed E-state index contributed by atoms with van der Waals surface area (Å²) < 4.78 is 12.1. The zero-order chi connectivity index (χ0) is 16.4. The fourth-order valence-electron chi connectivity index (χ4n) is 4.11. The summed E-state index contributed by atoms with van der Waals surface area (Å²) in [4.78, 5) is 18.8. The average Bonchev–Trinajstić information content (AvgIpc) is 3.26. The molecule has 0 unspecified atom stereocenters. The number of ether oxygens (including phenoxy) is 2. The van der Waals surface area contributed by atoms with Gasteiger partial charge in [0.25, 0.3) is 0 Å². The molecule has 0 saturated carbocycles. The first kappa shape index (κ1) is 15.6. The van der Waals surface area contributed by atoms with Crippen molar-refractivity contribution in [2.45, 2.75) is 50.2 Å². The van der Waals surface area contributed by atoms with E-state index in [2.05, 4.69) is 11.1 Å². The Morgan fingerprint density at radius 1 is 1.42 bits per heavy atom. The average molecular weight is 328 g/mol. The van der Waals surface area contributed by atoms with Gasteiger partial charge in [-0.1, -0.05) is 6.08 Å². The number of hydrogen-bond acceptors (Lipinski definition) is 4. The number of amides is 1. The van der Waals surface area contributed by atoms with Crippen LogP contribution in [-0.2, 0) is 9.53 Å². The van der Waals surface area contributed by atoms with Crippen LogP contribution < -0.4 is 4.74 Å². The van der Waals surface area contributed by atoms with E-state index in [9.17, 15) is 4.79 Å². The minimum atomic E-state index is -0.236. The van der Waals surface area contributed by atoms with E-state index in [1.165, 1.54) is 0 Å². The second-order valence-corrected chi connectivity index (χ2v) is 7.08. The van der Waals surface area contributed by atoms with Gasteiger partial charge in [0.15, 0.2) is 0 Å². The maximum atomic E-state index is 12.7. The number of carbonyl (C=O) groups is 1. The third-order valence-corrected chi connectivity index (χ3v) is 5.25. The monoisotopic (exact) mass is 328 g/mol. The molecule has 1 aromatic heterocycles. The van der Waals surface area contributed by atoms with Gasteiger partial charge in [-0.25, -0.2) is 0 Å². The van der Waals surface area contributed by atoms with Gasteiger partial charge >= 0.3 is 0 Å². The van der Waals surface area contributed by atoms with E-state index < -0.39 is 0 Å². The molecule has 2 aliphatic heterocycles. The van der Waals surface area contributed by atoms with Gasteiger partial charge in [-0.05, 0) is 44.2 Å². The lowest BCUT2D eigenvalue weighted by Gasteiger charge is -2.39. The minimum absolute atomic E-state index is 0.0370.